The van der Waals surface area contributed by atoms with E-state index < -0.39 is 28.8 Å². The second kappa shape index (κ2) is 4.40. The second-order valence-electron chi connectivity index (χ2n) is 2.53. The van der Waals surface area contributed by atoms with Crippen LogP contribution >= 0.6 is 27.6 Å². The van der Waals surface area contributed by atoms with Gasteiger partial charge in [0.15, 0.2) is 0 Å². The van der Waals surface area contributed by atoms with Crippen LogP contribution in [0, 0.1) is 3.57 Å². The molecule has 0 aromatic heterocycles. The normalized spacial score (nSPS) is 13.9. The Balaban J connectivity index is 3.00. The zero-order valence-corrected chi connectivity index (χ0v) is 9.95. The molecule has 15 heavy (non-hydrogen) atoms. The molecule has 0 fully saturated rings. The summed E-state index contributed by atoms with van der Waals surface area (Å²) in [7, 11) is 5.27. The van der Waals surface area contributed by atoms with Crippen LogP contribution in [0.3, 0.4) is 0 Å². The van der Waals surface area contributed by atoms with Crippen LogP contribution in [0.25, 0.3) is 0 Å². The summed E-state index contributed by atoms with van der Waals surface area (Å²) in [6, 6.07) is 6.68. The number of rotatable bonds is 2. The zero-order valence-electron chi connectivity index (χ0n) is 7.03. The molecule has 0 bridgehead atoms. The van der Waals surface area contributed by atoms with E-state index in [4.69, 9.17) is 8.91 Å². The van der Waals surface area contributed by atoms with Gasteiger partial charge in [-0.3, -0.25) is 0 Å². The van der Waals surface area contributed by atoms with Gasteiger partial charge in [-0.05, 0) is 0 Å². The van der Waals surface area contributed by atoms with Gasteiger partial charge < -0.3 is 0 Å². The summed E-state index contributed by atoms with van der Waals surface area (Å²) < 4.78 is 56.7. The van der Waals surface area contributed by atoms with Crippen LogP contribution in [-0.2, 0) is 0 Å². The average molecular weight is 358 g/mol. The predicted molar refractivity (Wildman–Crippen MR) is 56.0 cm³/mol. The van der Waals surface area contributed by atoms with Crippen molar-refractivity contribution in [3.8, 4) is 0 Å². The van der Waals surface area contributed by atoms with E-state index in [0.717, 1.165) is 0 Å². The van der Waals surface area contributed by atoms with E-state index in [-0.39, 0.29) is 3.57 Å². The number of alkyl halides is 6. The first kappa shape index (κ1) is 13.0. The maximum atomic E-state index is 12.8. The molecule has 0 nitrogen and oxygen atoms in total. The molecule has 0 atom stereocenters. The van der Waals surface area contributed by atoms with Crippen molar-refractivity contribution >= 4 is 27.6 Å². The van der Waals surface area contributed by atoms with Crippen LogP contribution in [-0.4, -0.2) is 10.1 Å². The SMILES string of the molecule is FC(F)(F)C(F)(F)I(Cl)c1ccccc1. The van der Waals surface area contributed by atoms with Gasteiger partial charge >= 0.3 is 93.6 Å². The second-order valence-corrected chi connectivity index (χ2v) is 8.40. The van der Waals surface area contributed by atoms with Crippen LogP contribution in [0.1, 0.15) is 0 Å². The molecule has 86 valence electrons. The third-order valence-electron chi connectivity index (χ3n) is 1.45. The fourth-order valence-electron chi connectivity index (χ4n) is 0.756. The van der Waals surface area contributed by atoms with Gasteiger partial charge in [-0.2, -0.15) is 0 Å². The summed E-state index contributed by atoms with van der Waals surface area (Å²) in [5.41, 5.74) is 0. The van der Waals surface area contributed by atoms with E-state index in [0.29, 0.717) is 0 Å². The van der Waals surface area contributed by atoms with Crippen LogP contribution in [0.4, 0.5) is 22.0 Å². The van der Waals surface area contributed by atoms with Gasteiger partial charge in [0.25, 0.3) is 0 Å². The van der Waals surface area contributed by atoms with E-state index in [2.05, 4.69) is 0 Å². The van der Waals surface area contributed by atoms with E-state index >= 15 is 0 Å². The summed E-state index contributed by atoms with van der Waals surface area (Å²) >= 11 is -4.07. The molecule has 0 saturated heterocycles. The molecule has 0 amide bonds. The van der Waals surface area contributed by atoms with Gasteiger partial charge in [0.2, 0.25) is 0 Å². The molecular weight excluding hydrogens is 353 g/mol. The summed E-state index contributed by atoms with van der Waals surface area (Å²) in [6.45, 7) is 0. The third kappa shape index (κ3) is 2.72. The van der Waals surface area contributed by atoms with E-state index in [1.165, 1.54) is 30.3 Å². The summed E-state index contributed by atoms with van der Waals surface area (Å²) in [5, 5.41) is 0. The molecule has 0 saturated carbocycles. The molecule has 0 spiro atoms. The summed E-state index contributed by atoms with van der Waals surface area (Å²) in [5.74, 6) is 0. The Morgan fingerprint density at radius 2 is 1.40 bits per heavy atom. The molecule has 1 rings (SSSR count). The molecule has 0 unspecified atom stereocenters. The molecule has 1 aromatic rings. The first-order valence-electron chi connectivity index (χ1n) is 3.63. The number of halogens is 7. The molecule has 1 aromatic carbocycles. The minimum atomic E-state index is -5.57. The standard InChI is InChI=1S/C8H5ClF5I/c9-15(6-4-2-1-3-5-6)8(13,14)7(10,11)12/h1-5H. The fraction of sp³-hybridized carbons (Fsp3) is 0.250. The quantitative estimate of drug-likeness (QED) is 0.409. The van der Waals surface area contributed by atoms with Gasteiger partial charge in [-0.1, -0.05) is 0 Å². The third-order valence-corrected chi connectivity index (χ3v) is 7.38. The molecule has 0 N–H and O–H groups in total. The molecule has 0 radical (unpaired) electrons. The van der Waals surface area contributed by atoms with Gasteiger partial charge in [0.1, 0.15) is 0 Å². The molecule has 7 heteroatoms. The van der Waals surface area contributed by atoms with Crippen molar-refractivity contribution in [2.24, 2.45) is 0 Å². The topological polar surface area (TPSA) is 0 Å². The van der Waals surface area contributed by atoms with E-state index in [1.807, 2.05) is 0 Å². The molecule has 0 aliphatic rings. The van der Waals surface area contributed by atoms with Gasteiger partial charge in [0.05, 0.1) is 0 Å². The van der Waals surface area contributed by atoms with Crippen molar-refractivity contribution in [2.45, 2.75) is 10.1 Å². The summed E-state index contributed by atoms with van der Waals surface area (Å²) in [4.78, 5) is 0. The first-order chi connectivity index (χ1) is 6.77. The Kier molecular flexibility index (Phi) is 3.80. The molecule has 0 aliphatic carbocycles. The van der Waals surface area contributed by atoms with Crippen LogP contribution < -0.4 is 0 Å². The Bertz CT molecular complexity index is 324. The van der Waals surface area contributed by atoms with Crippen LogP contribution in [0.15, 0.2) is 30.3 Å². The molecular formula is C8H5ClF5I. The van der Waals surface area contributed by atoms with Crippen molar-refractivity contribution in [1.29, 1.82) is 0 Å². The molecule has 0 aliphatic heterocycles. The van der Waals surface area contributed by atoms with Crippen molar-refractivity contribution in [1.82, 2.24) is 0 Å². The first-order valence-corrected chi connectivity index (χ1v) is 8.52. The summed E-state index contributed by atoms with van der Waals surface area (Å²) in [6.07, 6.45) is -5.57. The Morgan fingerprint density at radius 3 is 1.80 bits per heavy atom. The number of hydrogen-bond acceptors (Lipinski definition) is 0. The van der Waals surface area contributed by atoms with Crippen molar-refractivity contribution in [2.75, 3.05) is 0 Å². The minimum absolute atomic E-state index is 0.106. The van der Waals surface area contributed by atoms with Gasteiger partial charge in [-0.15, -0.1) is 0 Å². The number of hydrogen-bond donors (Lipinski definition) is 0. The monoisotopic (exact) mass is 358 g/mol. The fourth-order valence-corrected chi connectivity index (χ4v) is 4.30. The van der Waals surface area contributed by atoms with Crippen LogP contribution in [0.2, 0.25) is 0 Å². The Hall–Kier alpha value is -0.110. The van der Waals surface area contributed by atoms with Gasteiger partial charge in [-0.25, -0.2) is 0 Å². The van der Waals surface area contributed by atoms with Crippen molar-refractivity contribution in [3.63, 3.8) is 0 Å². The predicted octanol–water partition coefficient (Wildman–Crippen LogP) is 4.67. The maximum absolute atomic E-state index is 12.8. The van der Waals surface area contributed by atoms with Crippen molar-refractivity contribution < 1.29 is 22.0 Å². The average Bonchev–Trinajstić information content (AvgIpc) is 2.16. The number of benzene rings is 1. The van der Waals surface area contributed by atoms with Crippen LogP contribution in [0.5, 0.6) is 0 Å². The molecule has 0 heterocycles. The zero-order chi connectivity index (χ0) is 11.7. The van der Waals surface area contributed by atoms with E-state index in [9.17, 15) is 22.0 Å². The van der Waals surface area contributed by atoms with Crippen molar-refractivity contribution in [3.05, 3.63) is 33.9 Å². The van der Waals surface area contributed by atoms with Gasteiger partial charge in [0, 0.05) is 0 Å². The Morgan fingerprint density at radius 1 is 0.933 bits per heavy atom. The Labute approximate surface area is 93.5 Å². The van der Waals surface area contributed by atoms with E-state index in [1.54, 1.807) is 0 Å².